The largest absolute Gasteiger partial charge is 0.293 e. The van der Waals surface area contributed by atoms with Gasteiger partial charge in [0.25, 0.3) is 0 Å². The highest BCUT2D eigenvalue weighted by Gasteiger charge is 2.22. The molecule has 34 heavy (non-hydrogen) atoms. The maximum atomic E-state index is 6.82. The second kappa shape index (κ2) is 9.28. The highest BCUT2D eigenvalue weighted by molar-refractivity contribution is 6.32. The van der Waals surface area contributed by atoms with Crippen molar-refractivity contribution in [3.63, 3.8) is 0 Å². The zero-order chi connectivity index (χ0) is 23.8. The molecule has 0 aliphatic heterocycles. The average molecular weight is 471 g/mol. The third kappa shape index (κ3) is 4.02. The number of para-hydroxylation sites is 2. The van der Waals surface area contributed by atoms with Gasteiger partial charge in [-0.05, 0) is 68.6 Å². The van der Waals surface area contributed by atoms with Crippen LogP contribution in [-0.2, 0) is 13.1 Å². The van der Waals surface area contributed by atoms with E-state index in [-0.39, 0.29) is 0 Å². The quantitative estimate of drug-likeness (QED) is 0.250. The van der Waals surface area contributed by atoms with Crippen molar-refractivity contribution < 1.29 is 0 Å². The summed E-state index contributed by atoms with van der Waals surface area (Å²) in [5.41, 5.74) is 9.19. The Kier molecular flexibility index (Phi) is 6.20. The molecule has 0 spiro atoms. The third-order valence-electron chi connectivity index (χ3n) is 6.54. The van der Waals surface area contributed by atoms with Crippen molar-refractivity contribution in [2.24, 2.45) is 0 Å². The van der Waals surface area contributed by atoms with E-state index in [9.17, 15) is 0 Å². The van der Waals surface area contributed by atoms with Gasteiger partial charge in [-0.3, -0.25) is 13.9 Å². The lowest BCUT2D eigenvalue weighted by Crippen LogP contribution is -2.24. The monoisotopic (exact) mass is 470 g/mol. The van der Waals surface area contributed by atoms with Crippen LogP contribution < -0.4 is 0 Å². The summed E-state index contributed by atoms with van der Waals surface area (Å²) < 4.78 is 4.51. The molecule has 4 nitrogen and oxygen atoms in total. The first kappa shape index (κ1) is 22.7. The molecule has 0 amide bonds. The molecule has 0 saturated heterocycles. The summed E-state index contributed by atoms with van der Waals surface area (Å²) in [5, 5.41) is 0.750. The van der Waals surface area contributed by atoms with Crippen LogP contribution in [0, 0.1) is 20.8 Å². The van der Waals surface area contributed by atoms with Gasteiger partial charge in [0.05, 0.1) is 27.4 Å². The molecule has 0 fully saturated rings. The van der Waals surface area contributed by atoms with E-state index in [0.29, 0.717) is 0 Å². The first-order chi connectivity index (χ1) is 16.5. The van der Waals surface area contributed by atoms with Gasteiger partial charge in [0, 0.05) is 18.8 Å². The van der Waals surface area contributed by atoms with Crippen LogP contribution in [-0.4, -0.2) is 25.4 Å². The Labute approximate surface area is 206 Å². The molecule has 0 atom stereocenters. The second-order valence-electron chi connectivity index (χ2n) is 9.21. The smallest absolute Gasteiger partial charge is 0.220 e. The van der Waals surface area contributed by atoms with Crippen LogP contribution in [0.2, 0.25) is 5.02 Å². The molecule has 2 aromatic heterocycles. The molecule has 3 aromatic carbocycles. The van der Waals surface area contributed by atoms with Crippen molar-refractivity contribution in [2.75, 3.05) is 6.54 Å². The first-order valence-corrected chi connectivity index (χ1v) is 12.4. The van der Waals surface area contributed by atoms with Gasteiger partial charge in [0.2, 0.25) is 5.78 Å². The molecule has 0 aliphatic carbocycles. The lowest BCUT2D eigenvalue weighted by Gasteiger charge is -2.21. The number of fused-ring (bicyclic) bond motifs is 3. The van der Waals surface area contributed by atoms with E-state index < -0.39 is 0 Å². The van der Waals surface area contributed by atoms with Crippen LogP contribution in [0.1, 0.15) is 41.4 Å². The van der Waals surface area contributed by atoms with Crippen molar-refractivity contribution >= 4 is 28.4 Å². The zero-order valence-corrected chi connectivity index (χ0v) is 21.1. The molecule has 2 heterocycles. The highest BCUT2D eigenvalue weighted by Crippen LogP contribution is 2.33. The van der Waals surface area contributed by atoms with Crippen molar-refractivity contribution in [3.05, 3.63) is 99.8 Å². The standard InChI is InChI=1S/C29H31ClN4/c1-5-15-32(18-23-11-7-6-8-12-23)19-25-22(4)33-26-13-9-10-14-27(26)34(29(33)31-25)28-21(3)16-20(2)17-24(28)30/h6-14,16-17H,5,15,18-19H2,1-4H3. The van der Waals surface area contributed by atoms with Gasteiger partial charge in [-0.15, -0.1) is 0 Å². The molecule has 0 bridgehead atoms. The normalized spacial score (nSPS) is 11.8. The number of imidazole rings is 2. The van der Waals surface area contributed by atoms with Crippen molar-refractivity contribution in [2.45, 2.75) is 47.2 Å². The lowest BCUT2D eigenvalue weighted by atomic mass is 10.1. The molecule has 5 aromatic rings. The summed E-state index contributed by atoms with van der Waals surface area (Å²) in [6, 6.07) is 23.4. The van der Waals surface area contributed by atoms with Crippen LogP contribution in [0.15, 0.2) is 66.7 Å². The Morgan fingerprint density at radius 3 is 2.29 bits per heavy atom. The number of aromatic nitrogens is 3. The molecule has 174 valence electrons. The summed E-state index contributed by atoms with van der Waals surface area (Å²) >= 11 is 6.82. The minimum Gasteiger partial charge on any atom is -0.293 e. The molecule has 0 N–H and O–H groups in total. The van der Waals surface area contributed by atoms with Crippen molar-refractivity contribution in [3.8, 4) is 5.69 Å². The predicted octanol–water partition coefficient (Wildman–Crippen LogP) is 7.27. The van der Waals surface area contributed by atoms with Gasteiger partial charge >= 0.3 is 0 Å². The van der Waals surface area contributed by atoms with E-state index in [1.54, 1.807) is 0 Å². The van der Waals surface area contributed by atoms with Gasteiger partial charge in [-0.2, -0.15) is 0 Å². The lowest BCUT2D eigenvalue weighted by molar-refractivity contribution is 0.254. The Morgan fingerprint density at radius 2 is 1.59 bits per heavy atom. The number of nitrogens with zero attached hydrogens (tertiary/aromatic N) is 4. The van der Waals surface area contributed by atoms with Crippen LogP contribution in [0.4, 0.5) is 0 Å². The third-order valence-corrected chi connectivity index (χ3v) is 6.82. The van der Waals surface area contributed by atoms with E-state index in [4.69, 9.17) is 16.6 Å². The minimum atomic E-state index is 0.750. The van der Waals surface area contributed by atoms with E-state index in [0.717, 1.165) is 70.4 Å². The maximum absolute atomic E-state index is 6.82. The number of aryl methyl sites for hydroxylation is 3. The fraction of sp³-hybridized carbons (Fsp3) is 0.276. The molecular weight excluding hydrogens is 440 g/mol. The van der Waals surface area contributed by atoms with E-state index in [2.05, 4.69) is 102 Å². The van der Waals surface area contributed by atoms with Crippen LogP contribution in [0.3, 0.4) is 0 Å². The van der Waals surface area contributed by atoms with E-state index in [1.807, 2.05) is 6.07 Å². The molecule has 5 heteroatoms. The van der Waals surface area contributed by atoms with Crippen LogP contribution in [0.5, 0.6) is 0 Å². The Hall–Kier alpha value is -3.08. The van der Waals surface area contributed by atoms with Gasteiger partial charge in [-0.25, -0.2) is 4.98 Å². The fourth-order valence-electron chi connectivity index (χ4n) is 5.06. The van der Waals surface area contributed by atoms with Crippen molar-refractivity contribution in [1.29, 1.82) is 0 Å². The molecule has 0 unspecified atom stereocenters. The molecule has 5 rings (SSSR count). The predicted molar refractivity (Wildman–Crippen MR) is 142 cm³/mol. The van der Waals surface area contributed by atoms with Gasteiger partial charge in [-0.1, -0.05) is 67.1 Å². The molecule has 0 saturated carbocycles. The topological polar surface area (TPSA) is 25.5 Å². The Morgan fingerprint density at radius 1 is 0.882 bits per heavy atom. The SMILES string of the molecule is CCCN(Cc1ccccc1)Cc1nc2n(-c3c(C)cc(C)cc3Cl)c3ccccc3n2c1C. The summed E-state index contributed by atoms with van der Waals surface area (Å²) in [5.74, 6) is 0.915. The summed E-state index contributed by atoms with van der Waals surface area (Å²) in [6.45, 7) is 11.4. The molecule has 0 radical (unpaired) electrons. The number of rotatable bonds is 7. The number of benzene rings is 3. The van der Waals surface area contributed by atoms with Gasteiger partial charge in [0.1, 0.15) is 0 Å². The van der Waals surface area contributed by atoms with Gasteiger partial charge in [0.15, 0.2) is 0 Å². The Bertz CT molecular complexity index is 1440. The first-order valence-electron chi connectivity index (χ1n) is 12.0. The fourth-order valence-corrected chi connectivity index (χ4v) is 5.47. The Balaban J connectivity index is 1.65. The highest BCUT2D eigenvalue weighted by atomic mass is 35.5. The van der Waals surface area contributed by atoms with Crippen LogP contribution in [0.25, 0.3) is 22.5 Å². The summed E-state index contributed by atoms with van der Waals surface area (Å²) in [4.78, 5) is 7.71. The second-order valence-corrected chi connectivity index (χ2v) is 9.62. The van der Waals surface area contributed by atoms with E-state index >= 15 is 0 Å². The van der Waals surface area contributed by atoms with E-state index in [1.165, 1.54) is 11.3 Å². The summed E-state index contributed by atoms with van der Waals surface area (Å²) in [7, 11) is 0. The zero-order valence-electron chi connectivity index (χ0n) is 20.3. The summed E-state index contributed by atoms with van der Waals surface area (Å²) in [6.07, 6.45) is 1.10. The number of halogens is 1. The average Bonchev–Trinajstić information content (AvgIpc) is 3.29. The maximum Gasteiger partial charge on any atom is 0.220 e. The molecular formula is C29H31ClN4. The number of hydrogen-bond donors (Lipinski definition) is 0. The van der Waals surface area contributed by atoms with Crippen molar-refractivity contribution in [1.82, 2.24) is 18.9 Å². The van der Waals surface area contributed by atoms with Gasteiger partial charge < -0.3 is 0 Å². The number of hydrogen-bond acceptors (Lipinski definition) is 2. The molecule has 0 aliphatic rings. The minimum absolute atomic E-state index is 0.750. The van der Waals surface area contributed by atoms with Crippen LogP contribution >= 0.6 is 11.6 Å².